The summed E-state index contributed by atoms with van der Waals surface area (Å²) in [6.07, 6.45) is -1.02. The monoisotopic (exact) mass is 260 g/mol. The highest BCUT2D eigenvalue weighted by molar-refractivity contribution is 5.76. The molecule has 18 heavy (non-hydrogen) atoms. The third kappa shape index (κ3) is 5.86. The molecule has 0 saturated carbocycles. The molecule has 0 aliphatic rings. The van der Waals surface area contributed by atoms with Gasteiger partial charge in [0.2, 0.25) is 0 Å². The number of hydrogen-bond acceptors (Lipinski definition) is 3. The van der Waals surface area contributed by atoms with Crippen LogP contribution in [-0.2, 0) is 9.53 Å². The van der Waals surface area contributed by atoms with Crippen LogP contribution >= 0.6 is 0 Å². The van der Waals surface area contributed by atoms with Crippen molar-refractivity contribution in [2.45, 2.75) is 33.8 Å². The Morgan fingerprint density at radius 2 is 1.83 bits per heavy atom. The number of carbonyl (C=O) groups excluding carboxylic acids is 1. The smallest absolute Gasteiger partial charge is 0.334 e. The summed E-state index contributed by atoms with van der Waals surface area (Å²) < 4.78 is 4.70. The van der Waals surface area contributed by atoms with Gasteiger partial charge in [0.25, 0.3) is 0 Å². The van der Waals surface area contributed by atoms with Gasteiger partial charge in [-0.15, -0.1) is 0 Å². The standard InChI is InChI=1S/C12H24N2O4/c1-8(2)12(3,4)7-14-11(17)13-6-9(18-5)10(15)16/h8-9H,6-7H2,1-5H3,(H,15,16)(H2,13,14,17). The summed E-state index contributed by atoms with van der Waals surface area (Å²) in [5.74, 6) is -0.663. The van der Waals surface area contributed by atoms with Crippen molar-refractivity contribution in [1.29, 1.82) is 0 Å². The quantitative estimate of drug-likeness (QED) is 0.639. The maximum Gasteiger partial charge on any atom is 0.334 e. The van der Waals surface area contributed by atoms with E-state index in [0.717, 1.165) is 0 Å². The van der Waals surface area contributed by atoms with Crippen LogP contribution in [0.15, 0.2) is 0 Å². The van der Waals surface area contributed by atoms with Gasteiger partial charge in [0.15, 0.2) is 6.10 Å². The van der Waals surface area contributed by atoms with E-state index < -0.39 is 12.1 Å². The molecule has 0 aliphatic heterocycles. The van der Waals surface area contributed by atoms with E-state index in [1.807, 2.05) is 0 Å². The van der Waals surface area contributed by atoms with Gasteiger partial charge in [0.1, 0.15) is 0 Å². The molecule has 6 nitrogen and oxygen atoms in total. The Balaban J connectivity index is 4.03. The molecule has 1 atom stereocenters. The fourth-order valence-electron chi connectivity index (χ4n) is 1.03. The van der Waals surface area contributed by atoms with Crippen molar-refractivity contribution in [3.8, 4) is 0 Å². The van der Waals surface area contributed by atoms with Gasteiger partial charge in [0.05, 0.1) is 6.54 Å². The zero-order valence-corrected chi connectivity index (χ0v) is 11.7. The predicted molar refractivity (Wildman–Crippen MR) is 68.5 cm³/mol. The number of carboxylic acid groups (broad SMARTS) is 1. The van der Waals surface area contributed by atoms with Gasteiger partial charge in [-0.2, -0.15) is 0 Å². The van der Waals surface area contributed by atoms with Gasteiger partial charge in [-0.25, -0.2) is 9.59 Å². The molecule has 0 heterocycles. The van der Waals surface area contributed by atoms with Crippen molar-refractivity contribution < 1.29 is 19.4 Å². The third-order valence-corrected chi connectivity index (χ3v) is 3.28. The zero-order valence-electron chi connectivity index (χ0n) is 11.7. The van der Waals surface area contributed by atoms with Crippen molar-refractivity contribution in [1.82, 2.24) is 10.6 Å². The molecule has 0 aromatic heterocycles. The van der Waals surface area contributed by atoms with Gasteiger partial charge in [-0.1, -0.05) is 27.7 Å². The van der Waals surface area contributed by atoms with Crippen LogP contribution in [-0.4, -0.2) is 43.4 Å². The number of hydrogen-bond donors (Lipinski definition) is 3. The number of rotatable bonds is 7. The molecular formula is C12H24N2O4. The minimum absolute atomic E-state index is 0.00913. The summed E-state index contributed by atoms with van der Waals surface area (Å²) in [7, 11) is 1.29. The second kappa shape index (κ2) is 7.20. The topological polar surface area (TPSA) is 87.7 Å². The average Bonchev–Trinajstić information content (AvgIpc) is 2.26. The van der Waals surface area contributed by atoms with Crippen LogP contribution in [0.1, 0.15) is 27.7 Å². The Kier molecular flexibility index (Phi) is 6.68. The van der Waals surface area contributed by atoms with E-state index in [0.29, 0.717) is 12.5 Å². The Morgan fingerprint density at radius 3 is 2.22 bits per heavy atom. The summed E-state index contributed by atoms with van der Waals surface area (Å²) in [5, 5.41) is 13.9. The molecule has 6 heteroatoms. The van der Waals surface area contributed by atoms with E-state index in [1.54, 1.807) is 0 Å². The Hall–Kier alpha value is -1.30. The van der Waals surface area contributed by atoms with Crippen LogP contribution in [0.5, 0.6) is 0 Å². The van der Waals surface area contributed by atoms with Crippen molar-refractivity contribution >= 4 is 12.0 Å². The first-order valence-electron chi connectivity index (χ1n) is 5.98. The number of nitrogens with one attached hydrogen (secondary N) is 2. The zero-order chi connectivity index (χ0) is 14.3. The van der Waals surface area contributed by atoms with Crippen LogP contribution in [0.2, 0.25) is 0 Å². The molecule has 0 spiro atoms. The molecule has 0 fully saturated rings. The number of urea groups is 1. The summed E-state index contributed by atoms with van der Waals surface area (Å²) >= 11 is 0. The van der Waals surface area contributed by atoms with Gasteiger partial charge < -0.3 is 20.5 Å². The minimum Gasteiger partial charge on any atom is -0.479 e. The number of aliphatic carboxylic acids is 1. The van der Waals surface area contributed by atoms with E-state index in [1.165, 1.54) is 7.11 Å². The highest BCUT2D eigenvalue weighted by atomic mass is 16.5. The first kappa shape index (κ1) is 16.7. The second-order valence-electron chi connectivity index (χ2n) is 5.27. The molecule has 0 aromatic carbocycles. The molecule has 2 amide bonds. The highest BCUT2D eigenvalue weighted by Gasteiger charge is 2.23. The molecule has 0 rings (SSSR count). The van der Waals surface area contributed by atoms with Gasteiger partial charge in [0, 0.05) is 13.7 Å². The Bertz CT molecular complexity index is 290. The number of ether oxygens (including phenoxy) is 1. The van der Waals surface area contributed by atoms with E-state index in [2.05, 4.69) is 38.3 Å². The number of carbonyl (C=O) groups is 2. The fourth-order valence-corrected chi connectivity index (χ4v) is 1.03. The second-order valence-corrected chi connectivity index (χ2v) is 5.27. The SMILES string of the molecule is COC(CNC(=O)NCC(C)(C)C(C)C)C(=O)O. The van der Waals surface area contributed by atoms with Crippen molar-refractivity contribution in [3.63, 3.8) is 0 Å². The Morgan fingerprint density at radius 1 is 1.28 bits per heavy atom. The highest BCUT2D eigenvalue weighted by Crippen LogP contribution is 2.24. The molecule has 3 N–H and O–H groups in total. The Labute approximate surface area is 108 Å². The van der Waals surface area contributed by atoms with Crippen LogP contribution in [0.25, 0.3) is 0 Å². The van der Waals surface area contributed by atoms with Crippen LogP contribution in [0.3, 0.4) is 0 Å². The first-order valence-corrected chi connectivity index (χ1v) is 5.98. The fraction of sp³-hybridized carbons (Fsp3) is 0.833. The number of amides is 2. The third-order valence-electron chi connectivity index (χ3n) is 3.28. The number of carboxylic acids is 1. The van der Waals surface area contributed by atoms with Crippen LogP contribution in [0, 0.1) is 11.3 Å². The average molecular weight is 260 g/mol. The van der Waals surface area contributed by atoms with Crippen molar-refractivity contribution in [3.05, 3.63) is 0 Å². The lowest BCUT2D eigenvalue weighted by Crippen LogP contribution is -2.46. The molecule has 0 bridgehead atoms. The van der Waals surface area contributed by atoms with E-state index >= 15 is 0 Å². The molecule has 1 unspecified atom stereocenters. The van der Waals surface area contributed by atoms with Crippen molar-refractivity contribution in [2.75, 3.05) is 20.2 Å². The number of methoxy groups -OCH3 is 1. The lowest BCUT2D eigenvalue weighted by Gasteiger charge is -2.29. The van der Waals surface area contributed by atoms with Gasteiger partial charge >= 0.3 is 12.0 Å². The lowest BCUT2D eigenvalue weighted by atomic mass is 9.81. The molecule has 0 aliphatic carbocycles. The normalized spacial score (nSPS) is 13.2. The molecule has 0 aromatic rings. The molecule has 0 saturated heterocycles. The largest absolute Gasteiger partial charge is 0.479 e. The van der Waals surface area contributed by atoms with E-state index in [9.17, 15) is 9.59 Å². The summed E-state index contributed by atoms with van der Waals surface area (Å²) in [5.41, 5.74) is -0.00913. The van der Waals surface area contributed by atoms with Gasteiger partial charge in [-0.3, -0.25) is 0 Å². The lowest BCUT2D eigenvalue weighted by molar-refractivity contribution is -0.147. The summed E-state index contributed by atoms with van der Waals surface area (Å²) in [6, 6.07) is -0.382. The van der Waals surface area contributed by atoms with E-state index in [4.69, 9.17) is 9.84 Å². The summed E-state index contributed by atoms with van der Waals surface area (Å²) in [6.45, 7) is 8.78. The maximum absolute atomic E-state index is 11.5. The van der Waals surface area contributed by atoms with E-state index in [-0.39, 0.29) is 18.0 Å². The van der Waals surface area contributed by atoms with Crippen LogP contribution in [0.4, 0.5) is 4.79 Å². The molecule has 106 valence electrons. The van der Waals surface area contributed by atoms with Crippen LogP contribution < -0.4 is 10.6 Å². The molecular weight excluding hydrogens is 236 g/mol. The maximum atomic E-state index is 11.5. The first-order chi connectivity index (χ1) is 8.20. The van der Waals surface area contributed by atoms with Gasteiger partial charge in [-0.05, 0) is 11.3 Å². The van der Waals surface area contributed by atoms with Crippen molar-refractivity contribution in [2.24, 2.45) is 11.3 Å². The minimum atomic E-state index is -1.10. The molecule has 0 radical (unpaired) electrons. The summed E-state index contributed by atoms with van der Waals surface area (Å²) in [4.78, 5) is 22.1. The predicted octanol–water partition coefficient (Wildman–Crippen LogP) is 1.07.